The molecule has 0 saturated heterocycles. The third-order valence-electron chi connectivity index (χ3n) is 4.31. The molecule has 1 heterocycles. The number of furan rings is 1. The van der Waals surface area contributed by atoms with Gasteiger partial charge in [0, 0.05) is 16.6 Å². The largest absolute Gasteiger partial charge is 0.451 e. The maximum absolute atomic E-state index is 12.3. The van der Waals surface area contributed by atoms with Gasteiger partial charge in [0.25, 0.3) is 5.91 Å². The first-order chi connectivity index (χ1) is 10.6. The molecule has 0 bridgehead atoms. The van der Waals surface area contributed by atoms with Crippen molar-refractivity contribution in [3.8, 4) is 11.3 Å². The van der Waals surface area contributed by atoms with E-state index in [4.69, 9.17) is 16.0 Å². The molecule has 1 aliphatic rings. The second kappa shape index (κ2) is 6.57. The SMILES string of the molecule is CC1CCC(NC(=O)c2ccc(-c3ccc(Cl)cc3)o2)CC1. The van der Waals surface area contributed by atoms with E-state index in [1.807, 2.05) is 30.3 Å². The summed E-state index contributed by atoms with van der Waals surface area (Å²) < 4.78 is 5.68. The van der Waals surface area contributed by atoms with Crippen LogP contribution in [0.15, 0.2) is 40.8 Å². The molecule has 1 N–H and O–H groups in total. The van der Waals surface area contributed by atoms with Gasteiger partial charge in [-0.05, 0) is 68.0 Å². The molecule has 1 aliphatic carbocycles. The van der Waals surface area contributed by atoms with Crippen molar-refractivity contribution >= 4 is 17.5 Å². The number of nitrogens with one attached hydrogen (secondary N) is 1. The van der Waals surface area contributed by atoms with Crippen LogP contribution in [-0.2, 0) is 0 Å². The summed E-state index contributed by atoms with van der Waals surface area (Å²) in [7, 11) is 0. The second-order valence-corrected chi connectivity index (χ2v) is 6.54. The molecule has 1 fully saturated rings. The number of hydrogen-bond donors (Lipinski definition) is 1. The summed E-state index contributed by atoms with van der Waals surface area (Å²) in [6.07, 6.45) is 4.47. The van der Waals surface area contributed by atoms with E-state index in [-0.39, 0.29) is 11.9 Å². The normalized spacial score (nSPS) is 21.5. The number of carbonyl (C=O) groups excluding carboxylic acids is 1. The first-order valence-corrected chi connectivity index (χ1v) is 8.16. The smallest absolute Gasteiger partial charge is 0.287 e. The Bertz CT molecular complexity index is 639. The fourth-order valence-electron chi connectivity index (χ4n) is 2.89. The number of hydrogen-bond acceptors (Lipinski definition) is 2. The standard InChI is InChI=1S/C18H20ClNO2/c1-12-2-8-15(9-3-12)20-18(21)17-11-10-16(22-17)13-4-6-14(19)7-5-13/h4-7,10-12,15H,2-3,8-9H2,1H3,(H,20,21). The molecular formula is C18H20ClNO2. The van der Waals surface area contributed by atoms with Crippen molar-refractivity contribution in [2.24, 2.45) is 5.92 Å². The van der Waals surface area contributed by atoms with E-state index in [9.17, 15) is 4.79 Å². The molecule has 1 amide bonds. The fraction of sp³-hybridized carbons (Fsp3) is 0.389. The summed E-state index contributed by atoms with van der Waals surface area (Å²) in [4.78, 5) is 12.3. The second-order valence-electron chi connectivity index (χ2n) is 6.10. The molecule has 1 aromatic carbocycles. The Morgan fingerprint density at radius 3 is 2.45 bits per heavy atom. The van der Waals surface area contributed by atoms with Crippen LogP contribution in [0.25, 0.3) is 11.3 Å². The molecule has 0 spiro atoms. The van der Waals surface area contributed by atoms with Crippen LogP contribution in [0.2, 0.25) is 5.02 Å². The number of carbonyl (C=O) groups is 1. The fourth-order valence-corrected chi connectivity index (χ4v) is 3.02. The van der Waals surface area contributed by atoms with Gasteiger partial charge in [0.1, 0.15) is 5.76 Å². The summed E-state index contributed by atoms with van der Waals surface area (Å²) >= 11 is 5.88. The Morgan fingerprint density at radius 1 is 1.09 bits per heavy atom. The molecule has 3 nitrogen and oxygen atoms in total. The zero-order chi connectivity index (χ0) is 15.5. The Kier molecular flexibility index (Phi) is 4.53. The highest BCUT2D eigenvalue weighted by Crippen LogP contribution is 2.25. The van der Waals surface area contributed by atoms with E-state index in [2.05, 4.69) is 12.2 Å². The average Bonchev–Trinajstić information content (AvgIpc) is 3.00. The number of halogens is 1. The zero-order valence-corrected chi connectivity index (χ0v) is 13.4. The number of rotatable bonds is 3. The zero-order valence-electron chi connectivity index (χ0n) is 12.6. The van der Waals surface area contributed by atoms with Crippen molar-refractivity contribution in [1.29, 1.82) is 0 Å². The monoisotopic (exact) mass is 317 g/mol. The minimum Gasteiger partial charge on any atom is -0.451 e. The number of amides is 1. The van der Waals surface area contributed by atoms with Gasteiger partial charge in [-0.2, -0.15) is 0 Å². The van der Waals surface area contributed by atoms with E-state index in [1.54, 1.807) is 6.07 Å². The molecule has 3 rings (SSSR count). The van der Waals surface area contributed by atoms with Crippen LogP contribution >= 0.6 is 11.6 Å². The first kappa shape index (κ1) is 15.2. The third-order valence-corrected chi connectivity index (χ3v) is 4.56. The van der Waals surface area contributed by atoms with Crippen molar-refractivity contribution in [1.82, 2.24) is 5.32 Å². The van der Waals surface area contributed by atoms with E-state index in [0.29, 0.717) is 16.5 Å². The summed E-state index contributed by atoms with van der Waals surface area (Å²) in [5, 5.41) is 3.76. The first-order valence-electron chi connectivity index (χ1n) is 7.78. The predicted octanol–water partition coefficient (Wildman–Crippen LogP) is 4.91. The molecule has 1 aromatic heterocycles. The Hall–Kier alpha value is -1.74. The van der Waals surface area contributed by atoms with Gasteiger partial charge in [-0.3, -0.25) is 4.79 Å². The van der Waals surface area contributed by atoms with Crippen LogP contribution in [0.3, 0.4) is 0 Å². The van der Waals surface area contributed by atoms with Crippen molar-refractivity contribution < 1.29 is 9.21 Å². The summed E-state index contributed by atoms with van der Waals surface area (Å²) in [5.41, 5.74) is 0.912. The van der Waals surface area contributed by atoms with E-state index in [0.717, 1.165) is 24.3 Å². The molecule has 0 atom stereocenters. The van der Waals surface area contributed by atoms with Gasteiger partial charge >= 0.3 is 0 Å². The van der Waals surface area contributed by atoms with Crippen molar-refractivity contribution in [3.63, 3.8) is 0 Å². The Morgan fingerprint density at radius 2 is 1.77 bits per heavy atom. The number of benzene rings is 1. The van der Waals surface area contributed by atoms with E-state index >= 15 is 0 Å². The highest BCUT2D eigenvalue weighted by atomic mass is 35.5. The molecule has 4 heteroatoms. The quantitative estimate of drug-likeness (QED) is 0.874. The third kappa shape index (κ3) is 3.53. The molecule has 0 unspecified atom stereocenters. The van der Waals surface area contributed by atoms with Gasteiger partial charge in [-0.25, -0.2) is 0 Å². The minimum absolute atomic E-state index is 0.125. The van der Waals surface area contributed by atoms with Gasteiger partial charge in [0.05, 0.1) is 0 Å². The van der Waals surface area contributed by atoms with Gasteiger partial charge in [-0.1, -0.05) is 18.5 Å². The van der Waals surface area contributed by atoms with Crippen LogP contribution in [0.5, 0.6) is 0 Å². The lowest BCUT2D eigenvalue weighted by molar-refractivity contribution is 0.0895. The summed E-state index contributed by atoms with van der Waals surface area (Å²) in [6.45, 7) is 2.27. The molecule has 2 aromatic rings. The maximum Gasteiger partial charge on any atom is 0.287 e. The highest BCUT2D eigenvalue weighted by molar-refractivity contribution is 6.30. The molecule has 22 heavy (non-hydrogen) atoms. The van der Waals surface area contributed by atoms with Gasteiger partial charge in [0.15, 0.2) is 5.76 Å². The van der Waals surface area contributed by atoms with Crippen molar-refractivity contribution in [2.75, 3.05) is 0 Å². The summed E-state index contributed by atoms with van der Waals surface area (Å²) in [5.74, 6) is 1.69. The maximum atomic E-state index is 12.3. The van der Waals surface area contributed by atoms with Gasteiger partial charge < -0.3 is 9.73 Å². The Labute approximate surface area is 135 Å². The minimum atomic E-state index is -0.125. The molecule has 0 radical (unpaired) electrons. The summed E-state index contributed by atoms with van der Waals surface area (Å²) in [6, 6.07) is 11.2. The van der Waals surface area contributed by atoms with Crippen molar-refractivity contribution in [2.45, 2.75) is 38.6 Å². The average molecular weight is 318 g/mol. The Balaban J connectivity index is 1.65. The van der Waals surface area contributed by atoms with Gasteiger partial charge in [-0.15, -0.1) is 0 Å². The predicted molar refractivity (Wildman–Crippen MR) is 88.0 cm³/mol. The molecular weight excluding hydrogens is 298 g/mol. The van der Waals surface area contributed by atoms with Crippen LogP contribution in [-0.4, -0.2) is 11.9 Å². The van der Waals surface area contributed by atoms with E-state index < -0.39 is 0 Å². The lowest BCUT2D eigenvalue weighted by Crippen LogP contribution is -2.37. The van der Waals surface area contributed by atoms with Gasteiger partial charge in [0.2, 0.25) is 0 Å². The van der Waals surface area contributed by atoms with Crippen LogP contribution in [0, 0.1) is 5.92 Å². The van der Waals surface area contributed by atoms with Crippen LogP contribution in [0.4, 0.5) is 0 Å². The topological polar surface area (TPSA) is 42.2 Å². The van der Waals surface area contributed by atoms with Crippen molar-refractivity contribution in [3.05, 3.63) is 47.2 Å². The molecule has 116 valence electrons. The van der Waals surface area contributed by atoms with Crippen LogP contribution in [0.1, 0.15) is 43.2 Å². The highest BCUT2D eigenvalue weighted by Gasteiger charge is 2.21. The molecule has 0 aliphatic heterocycles. The van der Waals surface area contributed by atoms with Crippen LogP contribution < -0.4 is 5.32 Å². The molecule has 1 saturated carbocycles. The van der Waals surface area contributed by atoms with E-state index in [1.165, 1.54) is 12.8 Å². The lowest BCUT2D eigenvalue weighted by atomic mass is 9.87. The lowest BCUT2D eigenvalue weighted by Gasteiger charge is -2.26.